The minimum Gasteiger partial charge on any atom is -0.351 e. The van der Waals surface area contributed by atoms with Gasteiger partial charge in [0.15, 0.2) is 0 Å². The van der Waals surface area contributed by atoms with Crippen molar-refractivity contribution in [3.8, 4) is 17.3 Å². The van der Waals surface area contributed by atoms with Crippen LogP contribution >= 0.6 is 0 Å². The molecule has 3 N–H and O–H groups in total. The molecule has 3 aromatic heterocycles. The molecule has 2 aliphatic rings. The van der Waals surface area contributed by atoms with Crippen molar-refractivity contribution in [3.05, 3.63) is 35.8 Å². The lowest BCUT2D eigenvalue weighted by molar-refractivity contribution is -0.137. The Hall–Kier alpha value is -3.19. The van der Waals surface area contributed by atoms with Crippen molar-refractivity contribution < 1.29 is 13.2 Å². The van der Waals surface area contributed by atoms with Gasteiger partial charge in [-0.05, 0) is 25.0 Å². The van der Waals surface area contributed by atoms with Gasteiger partial charge in [-0.15, -0.1) is 0 Å². The Morgan fingerprint density at radius 1 is 1.24 bits per heavy atom. The molecule has 1 atom stereocenters. The molecule has 0 bridgehead atoms. The van der Waals surface area contributed by atoms with Gasteiger partial charge in [-0.25, -0.2) is 15.0 Å². The predicted molar refractivity (Wildman–Crippen MR) is 98.8 cm³/mol. The number of anilines is 1. The number of nitriles is 1. The van der Waals surface area contributed by atoms with Crippen molar-refractivity contribution >= 4 is 17.0 Å². The highest BCUT2D eigenvalue weighted by Gasteiger charge is 2.51. The van der Waals surface area contributed by atoms with E-state index in [1.807, 2.05) is 6.07 Å². The van der Waals surface area contributed by atoms with Crippen LogP contribution in [0.3, 0.4) is 0 Å². The summed E-state index contributed by atoms with van der Waals surface area (Å²) in [6, 6.07) is 5.10. The van der Waals surface area contributed by atoms with E-state index in [4.69, 9.17) is 5.26 Å². The number of hydrogen-bond acceptors (Lipinski definition) is 6. The number of hydrogen-bond donors (Lipinski definition) is 3. The molecule has 3 aromatic rings. The van der Waals surface area contributed by atoms with Gasteiger partial charge in [0, 0.05) is 47.9 Å². The molecule has 29 heavy (non-hydrogen) atoms. The Morgan fingerprint density at radius 3 is 2.69 bits per heavy atom. The van der Waals surface area contributed by atoms with Crippen LogP contribution in [0.15, 0.2) is 24.5 Å². The summed E-state index contributed by atoms with van der Waals surface area (Å²) in [6.07, 6.45) is -0.325. The number of fused-ring (bicyclic) bond motifs is 1. The second kappa shape index (κ2) is 6.15. The Morgan fingerprint density at radius 2 is 2.07 bits per heavy atom. The van der Waals surface area contributed by atoms with Crippen molar-refractivity contribution in [2.24, 2.45) is 5.41 Å². The zero-order chi connectivity index (χ0) is 20.2. The fourth-order valence-electron chi connectivity index (χ4n) is 4.07. The Balaban J connectivity index is 1.58. The zero-order valence-electron chi connectivity index (χ0n) is 15.1. The fraction of sp³-hybridized carbons (Fsp3) is 0.368. The highest BCUT2D eigenvalue weighted by molar-refractivity contribution is 5.93. The molecule has 0 amide bonds. The van der Waals surface area contributed by atoms with Crippen molar-refractivity contribution in [1.82, 2.24) is 25.3 Å². The van der Waals surface area contributed by atoms with E-state index in [0.717, 1.165) is 32.1 Å². The lowest BCUT2D eigenvalue weighted by atomic mass is 9.60. The summed E-state index contributed by atoms with van der Waals surface area (Å²) < 4.78 is 40.9. The summed E-state index contributed by atoms with van der Waals surface area (Å²) in [5, 5.41) is 15.9. The number of rotatable bonds is 3. The molecule has 0 aromatic carbocycles. The van der Waals surface area contributed by atoms with Crippen molar-refractivity contribution in [2.75, 3.05) is 18.4 Å². The van der Waals surface area contributed by atoms with Crippen LogP contribution in [0.1, 0.15) is 24.1 Å². The summed E-state index contributed by atoms with van der Waals surface area (Å²) in [5.41, 5.74) is -0.196. The quantitative estimate of drug-likeness (QED) is 0.626. The Labute approximate surface area is 163 Å². The van der Waals surface area contributed by atoms with Crippen molar-refractivity contribution in [3.63, 3.8) is 0 Å². The standard InChI is InChI=1S/C19H16F3N7/c20-19(21,22)13-7-26-17(28-14-3-4-18(14)8-24-9-18)29-15(13)12-6-25-16-11(12)2-1-10(5-23)27-16/h1-2,6-7,14,24H,3-4,8-9H2,(H,25,27)(H,26,28,29)/t14-/m1/s1. The molecular formula is C19H16F3N7. The molecule has 1 spiro atoms. The van der Waals surface area contributed by atoms with Crippen LogP contribution in [0.5, 0.6) is 0 Å². The molecule has 148 valence electrons. The SMILES string of the molecule is N#Cc1ccc2c(-c3nc(N[C@@H]4CCC45CNC5)ncc3C(F)(F)F)c[nH]c2n1. The third-order valence-corrected chi connectivity index (χ3v) is 5.93. The summed E-state index contributed by atoms with van der Waals surface area (Å²) in [6.45, 7) is 1.79. The minimum atomic E-state index is -4.60. The van der Waals surface area contributed by atoms with Crippen LogP contribution < -0.4 is 10.6 Å². The average molecular weight is 399 g/mol. The normalized spacial score (nSPS) is 20.1. The minimum absolute atomic E-state index is 0.149. The number of nitrogens with one attached hydrogen (secondary N) is 3. The Bertz CT molecular complexity index is 1140. The topological polar surface area (TPSA) is 102 Å². The molecule has 7 nitrogen and oxygen atoms in total. The maximum Gasteiger partial charge on any atom is 0.419 e. The number of aromatic nitrogens is 4. The van der Waals surface area contributed by atoms with E-state index in [2.05, 4.69) is 30.6 Å². The maximum atomic E-state index is 13.6. The van der Waals surface area contributed by atoms with Crippen molar-refractivity contribution in [2.45, 2.75) is 25.1 Å². The molecule has 1 aliphatic heterocycles. The highest BCUT2D eigenvalue weighted by atomic mass is 19.4. The Kier molecular flexibility index (Phi) is 3.79. The molecule has 0 unspecified atom stereocenters. The fourth-order valence-corrected chi connectivity index (χ4v) is 4.07. The van der Waals surface area contributed by atoms with E-state index in [1.54, 1.807) is 6.07 Å². The molecule has 1 saturated heterocycles. The van der Waals surface area contributed by atoms with Crippen LogP contribution in [0.4, 0.5) is 19.1 Å². The second-order valence-electron chi connectivity index (χ2n) is 7.56. The molecule has 1 saturated carbocycles. The lowest BCUT2D eigenvalue weighted by Crippen LogP contribution is -2.67. The number of halogens is 3. The van der Waals surface area contributed by atoms with Gasteiger partial charge in [0.05, 0.1) is 5.69 Å². The smallest absolute Gasteiger partial charge is 0.351 e. The summed E-state index contributed by atoms with van der Waals surface area (Å²) in [7, 11) is 0. The first-order chi connectivity index (χ1) is 13.9. The molecule has 10 heteroatoms. The van der Waals surface area contributed by atoms with Gasteiger partial charge in [-0.2, -0.15) is 18.4 Å². The van der Waals surface area contributed by atoms with Gasteiger partial charge in [-0.3, -0.25) is 0 Å². The van der Waals surface area contributed by atoms with Gasteiger partial charge < -0.3 is 15.6 Å². The van der Waals surface area contributed by atoms with Crippen LogP contribution in [-0.4, -0.2) is 39.1 Å². The number of alkyl halides is 3. The van der Waals surface area contributed by atoms with Gasteiger partial charge in [0.1, 0.15) is 23.0 Å². The van der Waals surface area contributed by atoms with E-state index in [1.165, 1.54) is 12.3 Å². The van der Waals surface area contributed by atoms with Crippen LogP contribution in [0.2, 0.25) is 0 Å². The first kappa shape index (κ1) is 17.9. The monoisotopic (exact) mass is 399 g/mol. The lowest BCUT2D eigenvalue weighted by Gasteiger charge is -2.56. The molecule has 0 radical (unpaired) electrons. The van der Waals surface area contributed by atoms with Gasteiger partial charge in [0.2, 0.25) is 5.95 Å². The van der Waals surface area contributed by atoms with Crippen LogP contribution in [0.25, 0.3) is 22.3 Å². The number of H-pyrrole nitrogens is 1. The third-order valence-electron chi connectivity index (χ3n) is 5.93. The summed E-state index contributed by atoms with van der Waals surface area (Å²) >= 11 is 0. The number of pyridine rings is 1. The largest absolute Gasteiger partial charge is 0.419 e. The first-order valence-electron chi connectivity index (χ1n) is 9.20. The number of aromatic amines is 1. The van der Waals surface area contributed by atoms with Gasteiger partial charge in [-0.1, -0.05) is 0 Å². The molecule has 4 heterocycles. The summed E-state index contributed by atoms with van der Waals surface area (Å²) in [5.74, 6) is 0.180. The van der Waals surface area contributed by atoms with E-state index < -0.39 is 11.7 Å². The highest BCUT2D eigenvalue weighted by Crippen LogP contribution is 2.46. The number of nitrogens with zero attached hydrogens (tertiary/aromatic N) is 4. The predicted octanol–water partition coefficient (Wildman–Crippen LogP) is 3.07. The van der Waals surface area contributed by atoms with Crippen LogP contribution in [0, 0.1) is 16.7 Å². The van der Waals surface area contributed by atoms with Crippen molar-refractivity contribution in [1.29, 1.82) is 5.26 Å². The molecular weight excluding hydrogens is 383 g/mol. The van der Waals surface area contributed by atoms with Gasteiger partial charge in [0.25, 0.3) is 0 Å². The van der Waals surface area contributed by atoms with Gasteiger partial charge >= 0.3 is 6.18 Å². The molecule has 1 aliphatic carbocycles. The summed E-state index contributed by atoms with van der Waals surface area (Å²) in [4.78, 5) is 15.1. The van der Waals surface area contributed by atoms with E-state index >= 15 is 0 Å². The zero-order valence-corrected chi connectivity index (χ0v) is 15.1. The molecule has 5 rings (SSSR count). The van der Waals surface area contributed by atoms with Crippen LogP contribution in [-0.2, 0) is 6.18 Å². The van der Waals surface area contributed by atoms with E-state index in [9.17, 15) is 13.2 Å². The van der Waals surface area contributed by atoms with E-state index in [0.29, 0.717) is 11.0 Å². The second-order valence-corrected chi connectivity index (χ2v) is 7.56. The third kappa shape index (κ3) is 2.81. The average Bonchev–Trinajstić information content (AvgIpc) is 3.06. The molecule has 2 fully saturated rings. The van der Waals surface area contributed by atoms with E-state index in [-0.39, 0.29) is 34.4 Å². The first-order valence-corrected chi connectivity index (χ1v) is 9.20. The maximum absolute atomic E-state index is 13.6.